The normalized spacial score (nSPS) is 13.3. The van der Waals surface area contributed by atoms with Crippen LogP contribution in [0.2, 0.25) is 10.0 Å². The van der Waals surface area contributed by atoms with Crippen LogP contribution in [0.25, 0.3) is 0 Å². The predicted octanol–water partition coefficient (Wildman–Crippen LogP) is 5.06. The summed E-state index contributed by atoms with van der Waals surface area (Å²) in [5.74, 6) is 0.331. The van der Waals surface area contributed by atoms with E-state index in [0.29, 0.717) is 17.4 Å². The maximum atomic E-state index is 12.7. The van der Waals surface area contributed by atoms with Crippen LogP contribution in [-0.4, -0.2) is 8.42 Å². The van der Waals surface area contributed by atoms with Crippen molar-refractivity contribution in [2.45, 2.75) is 31.2 Å². The summed E-state index contributed by atoms with van der Waals surface area (Å²) in [5.41, 5.74) is 0.919. The molecule has 0 aromatic heterocycles. The highest BCUT2D eigenvalue weighted by molar-refractivity contribution is 7.89. The summed E-state index contributed by atoms with van der Waals surface area (Å²) in [7, 11) is -3.77. The lowest BCUT2D eigenvalue weighted by molar-refractivity contribution is 0.472. The standard InChI is InChI=1S/C17H19Cl2NO2S/c1-12(2)10-16(13-6-4-3-5-7-13)20-23(21,22)17-11-14(18)8-9-15(17)19/h3-9,11-12,16,20H,10H2,1-2H3/t16-/m1/s1. The smallest absolute Gasteiger partial charge is 0.207 e. The highest BCUT2D eigenvalue weighted by Crippen LogP contribution is 2.28. The molecule has 0 bridgehead atoms. The molecule has 2 rings (SSSR count). The number of nitrogens with one attached hydrogen (secondary N) is 1. The lowest BCUT2D eigenvalue weighted by atomic mass is 9.98. The Labute approximate surface area is 147 Å². The topological polar surface area (TPSA) is 46.2 Å². The van der Waals surface area contributed by atoms with Crippen LogP contribution in [-0.2, 0) is 10.0 Å². The molecule has 0 saturated carbocycles. The van der Waals surface area contributed by atoms with E-state index in [1.165, 1.54) is 12.1 Å². The Balaban J connectivity index is 2.36. The van der Waals surface area contributed by atoms with Crippen molar-refractivity contribution >= 4 is 33.2 Å². The van der Waals surface area contributed by atoms with Crippen molar-refractivity contribution in [3.8, 4) is 0 Å². The highest BCUT2D eigenvalue weighted by atomic mass is 35.5. The molecule has 0 radical (unpaired) electrons. The van der Waals surface area contributed by atoms with Crippen molar-refractivity contribution in [2.75, 3.05) is 0 Å². The molecule has 0 unspecified atom stereocenters. The number of halogens is 2. The molecular formula is C17H19Cl2NO2S. The minimum absolute atomic E-state index is 0.00338. The minimum atomic E-state index is -3.77. The van der Waals surface area contributed by atoms with Gasteiger partial charge in [-0.3, -0.25) is 0 Å². The third-order valence-corrected chi connectivity index (χ3v) is 5.58. The SMILES string of the molecule is CC(C)C[C@@H](NS(=O)(=O)c1cc(Cl)ccc1Cl)c1ccccc1. The zero-order valence-corrected chi connectivity index (χ0v) is 15.3. The number of benzene rings is 2. The largest absolute Gasteiger partial charge is 0.242 e. The molecule has 1 atom stereocenters. The van der Waals surface area contributed by atoms with E-state index in [1.807, 2.05) is 30.3 Å². The molecule has 2 aromatic rings. The van der Waals surface area contributed by atoms with Crippen LogP contribution < -0.4 is 4.72 Å². The molecule has 124 valence electrons. The predicted molar refractivity (Wildman–Crippen MR) is 95.4 cm³/mol. The monoisotopic (exact) mass is 371 g/mol. The summed E-state index contributed by atoms with van der Waals surface area (Å²) in [6.45, 7) is 4.10. The fourth-order valence-electron chi connectivity index (χ4n) is 2.34. The van der Waals surface area contributed by atoms with Crippen LogP contribution in [0.4, 0.5) is 0 Å². The van der Waals surface area contributed by atoms with Gasteiger partial charge in [0, 0.05) is 11.1 Å². The number of rotatable bonds is 6. The molecule has 0 fully saturated rings. The molecule has 0 aliphatic carbocycles. The Morgan fingerprint density at radius 3 is 2.30 bits per heavy atom. The van der Waals surface area contributed by atoms with Crippen molar-refractivity contribution in [3.63, 3.8) is 0 Å². The summed E-state index contributed by atoms with van der Waals surface area (Å²) >= 11 is 11.9. The molecule has 0 amide bonds. The third-order valence-electron chi connectivity index (χ3n) is 3.39. The zero-order valence-electron chi connectivity index (χ0n) is 13.0. The van der Waals surface area contributed by atoms with Gasteiger partial charge in [-0.15, -0.1) is 0 Å². The quantitative estimate of drug-likeness (QED) is 0.771. The fourth-order valence-corrected chi connectivity index (χ4v) is 4.34. The summed E-state index contributed by atoms with van der Waals surface area (Å²) in [5, 5.41) is 0.480. The third kappa shape index (κ3) is 4.95. The van der Waals surface area contributed by atoms with E-state index in [1.54, 1.807) is 6.07 Å². The maximum Gasteiger partial charge on any atom is 0.242 e. The summed E-state index contributed by atoms with van der Waals surface area (Å²) < 4.78 is 28.2. The number of sulfonamides is 1. The average Bonchev–Trinajstić information content (AvgIpc) is 2.49. The van der Waals surface area contributed by atoms with Gasteiger partial charge in [0.05, 0.1) is 5.02 Å². The van der Waals surface area contributed by atoms with Crippen molar-refractivity contribution in [1.82, 2.24) is 4.72 Å². The van der Waals surface area contributed by atoms with Gasteiger partial charge in [-0.05, 0) is 36.1 Å². The van der Waals surface area contributed by atoms with Crippen LogP contribution in [0.15, 0.2) is 53.4 Å². The van der Waals surface area contributed by atoms with Gasteiger partial charge in [0.15, 0.2) is 0 Å². The Morgan fingerprint density at radius 1 is 1.04 bits per heavy atom. The van der Waals surface area contributed by atoms with Crippen LogP contribution >= 0.6 is 23.2 Å². The summed E-state index contributed by atoms with van der Waals surface area (Å²) in [6.07, 6.45) is 0.682. The van der Waals surface area contributed by atoms with Gasteiger partial charge in [0.2, 0.25) is 10.0 Å². The molecule has 0 heterocycles. The molecule has 23 heavy (non-hydrogen) atoms. The first-order valence-electron chi connectivity index (χ1n) is 7.32. The Hall–Kier alpha value is -1.07. The Bertz CT molecular complexity index is 761. The second-order valence-corrected chi connectivity index (χ2v) is 8.31. The molecule has 0 aliphatic heterocycles. The average molecular weight is 372 g/mol. The molecular weight excluding hydrogens is 353 g/mol. The van der Waals surface area contributed by atoms with Crippen molar-refractivity contribution in [1.29, 1.82) is 0 Å². The van der Waals surface area contributed by atoms with Crippen LogP contribution in [0.3, 0.4) is 0 Å². The summed E-state index contributed by atoms with van der Waals surface area (Å²) in [6, 6.07) is 13.6. The summed E-state index contributed by atoms with van der Waals surface area (Å²) in [4.78, 5) is -0.00338. The van der Waals surface area contributed by atoms with Crippen LogP contribution in [0.1, 0.15) is 31.9 Å². The second-order valence-electron chi connectivity index (χ2n) is 5.79. The van der Waals surface area contributed by atoms with Crippen LogP contribution in [0.5, 0.6) is 0 Å². The van der Waals surface area contributed by atoms with E-state index >= 15 is 0 Å². The van der Waals surface area contributed by atoms with Gasteiger partial charge in [-0.1, -0.05) is 67.4 Å². The Kier molecular flexibility index (Phi) is 6.09. The first-order valence-corrected chi connectivity index (χ1v) is 9.56. The van der Waals surface area contributed by atoms with E-state index in [9.17, 15) is 8.42 Å². The Morgan fingerprint density at radius 2 is 1.70 bits per heavy atom. The molecule has 1 N–H and O–H groups in total. The van der Waals surface area contributed by atoms with E-state index in [2.05, 4.69) is 18.6 Å². The van der Waals surface area contributed by atoms with Gasteiger partial charge in [-0.25, -0.2) is 13.1 Å². The maximum absolute atomic E-state index is 12.7. The minimum Gasteiger partial charge on any atom is -0.207 e. The highest BCUT2D eigenvalue weighted by Gasteiger charge is 2.24. The fraction of sp³-hybridized carbons (Fsp3) is 0.294. The van der Waals surface area contributed by atoms with Crippen molar-refractivity contribution < 1.29 is 8.42 Å². The lowest BCUT2D eigenvalue weighted by Crippen LogP contribution is -2.29. The van der Waals surface area contributed by atoms with Crippen molar-refractivity contribution in [2.24, 2.45) is 5.92 Å². The molecule has 0 aliphatic rings. The van der Waals surface area contributed by atoms with Gasteiger partial charge in [0.1, 0.15) is 4.90 Å². The molecule has 0 saturated heterocycles. The van der Waals surface area contributed by atoms with Gasteiger partial charge < -0.3 is 0 Å². The van der Waals surface area contributed by atoms with E-state index in [0.717, 1.165) is 5.56 Å². The van der Waals surface area contributed by atoms with E-state index < -0.39 is 10.0 Å². The first-order chi connectivity index (χ1) is 10.8. The van der Waals surface area contributed by atoms with Gasteiger partial charge >= 0.3 is 0 Å². The molecule has 2 aromatic carbocycles. The molecule has 6 heteroatoms. The van der Waals surface area contributed by atoms with E-state index in [4.69, 9.17) is 23.2 Å². The first kappa shape index (κ1) is 18.3. The van der Waals surface area contributed by atoms with Gasteiger partial charge in [-0.2, -0.15) is 0 Å². The lowest BCUT2D eigenvalue weighted by Gasteiger charge is -2.21. The van der Waals surface area contributed by atoms with Gasteiger partial charge in [0.25, 0.3) is 0 Å². The van der Waals surface area contributed by atoms with Crippen LogP contribution in [0, 0.1) is 5.92 Å². The molecule has 3 nitrogen and oxygen atoms in total. The number of hydrogen-bond donors (Lipinski definition) is 1. The zero-order chi connectivity index (χ0) is 17.0. The molecule has 0 spiro atoms. The second kappa shape index (κ2) is 7.67. The van der Waals surface area contributed by atoms with E-state index in [-0.39, 0.29) is 16.0 Å². The number of hydrogen-bond acceptors (Lipinski definition) is 2. The van der Waals surface area contributed by atoms with Crippen molar-refractivity contribution in [3.05, 3.63) is 64.1 Å².